The minimum Gasteiger partial charge on any atom is -0.480 e. The van der Waals surface area contributed by atoms with Crippen LogP contribution in [0.5, 0.6) is 0 Å². The standard InChI is InChI=1S/C27H29N9O2/c1-17(2)31-27-33-21(19-7-3-6-18(12-19)14-28)13-22(34-27)23(35-29)16-30-15-20-8-4-10-25(32-20)36-11-5-9-24(36)26(37)38/h3-4,6-8,10,12-13,16-17,24H,5,9,11,15,29H2,1-2H3,(H,37,38)(H,31,33,34)/b30-16?,35-23+/t24-/m0/s1. The highest BCUT2D eigenvalue weighted by atomic mass is 16.4. The molecule has 11 heteroatoms. The molecule has 3 aromatic rings. The van der Waals surface area contributed by atoms with Crippen LogP contribution in [0.3, 0.4) is 0 Å². The lowest BCUT2D eigenvalue weighted by atomic mass is 10.1. The van der Waals surface area contributed by atoms with Gasteiger partial charge in [-0.2, -0.15) is 10.4 Å². The van der Waals surface area contributed by atoms with Gasteiger partial charge in [0.2, 0.25) is 5.95 Å². The number of carboxylic acids is 1. The first-order chi connectivity index (χ1) is 18.4. The monoisotopic (exact) mass is 511 g/mol. The molecule has 1 aromatic carbocycles. The number of nitrogens with two attached hydrogens (primary N) is 1. The maximum Gasteiger partial charge on any atom is 0.326 e. The number of anilines is 2. The van der Waals surface area contributed by atoms with Crippen molar-refractivity contribution >= 4 is 29.7 Å². The van der Waals surface area contributed by atoms with Crippen LogP contribution in [0.4, 0.5) is 11.8 Å². The molecule has 1 aliphatic rings. The van der Waals surface area contributed by atoms with Crippen molar-refractivity contribution in [3.63, 3.8) is 0 Å². The number of carbonyl (C=O) groups is 1. The largest absolute Gasteiger partial charge is 0.480 e. The molecule has 1 fully saturated rings. The Hall–Kier alpha value is -4.85. The smallest absolute Gasteiger partial charge is 0.326 e. The Balaban J connectivity index is 1.57. The molecule has 11 nitrogen and oxygen atoms in total. The van der Waals surface area contributed by atoms with E-state index in [0.717, 1.165) is 12.0 Å². The average molecular weight is 512 g/mol. The summed E-state index contributed by atoms with van der Waals surface area (Å²) in [5.41, 5.74) is 3.39. The fraction of sp³-hybridized carbons (Fsp3) is 0.296. The Morgan fingerprint density at radius 3 is 2.82 bits per heavy atom. The van der Waals surface area contributed by atoms with E-state index >= 15 is 0 Å². The third kappa shape index (κ3) is 6.28. The second-order valence-electron chi connectivity index (χ2n) is 9.11. The quantitative estimate of drug-likeness (QED) is 0.222. The molecule has 0 amide bonds. The van der Waals surface area contributed by atoms with E-state index in [9.17, 15) is 15.2 Å². The van der Waals surface area contributed by atoms with Crippen LogP contribution in [0.1, 0.15) is 43.6 Å². The summed E-state index contributed by atoms with van der Waals surface area (Å²) in [4.78, 5) is 31.6. The number of pyridine rings is 1. The van der Waals surface area contributed by atoms with Crippen molar-refractivity contribution in [2.45, 2.75) is 45.3 Å². The van der Waals surface area contributed by atoms with Gasteiger partial charge >= 0.3 is 5.97 Å². The first-order valence-electron chi connectivity index (χ1n) is 12.3. The number of nitrogens with zero attached hydrogens (tertiary/aromatic N) is 7. The Morgan fingerprint density at radius 2 is 2.08 bits per heavy atom. The molecule has 38 heavy (non-hydrogen) atoms. The van der Waals surface area contributed by atoms with Gasteiger partial charge in [-0.15, -0.1) is 0 Å². The lowest BCUT2D eigenvalue weighted by molar-refractivity contribution is -0.138. The molecule has 3 heterocycles. The summed E-state index contributed by atoms with van der Waals surface area (Å²) < 4.78 is 0. The molecule has 0 saturated carbocycles. The van der Waals surface area contributed by atoms with Gasteiger partial charge in [0.1, 0.15) is 17.6 Å². The lowest BCUT2D eigenvalue weighted by Gasteiger charge is -2.22. The van der Waals surface area contributed by atoms with Crippen molar-refractivity contribution in [3.8, 4) is 17.3 Å². The predicted molar refractivity (Wildman–Crippen MR) is 146 cm³/mol. The molecule has 4 N–H and O–H groups in total. The van der Waals surface area contributed by atoms with Gasteiger partial charge in [0.05, 0.1) is 41.5 Å². The van der Waals surface area contributed by atoms with Crippen LogP contribution in [0.2, 0.25) is 0 Å². The van der Waals surface area contributed by atoms with Gasteiger partial charge in [-0.1, -0.05) is 18.2 Å². The second kappa shape index (κ2) is 11.9. The summed E-state index contributed by atoms with van der Waals surface area (Å²) in [5, 5.41) is 25.9. The Morgan fingerprint density at radius 1 is 1.26 bits per heavy atom. The molecule has 4 rings (SSSR count). The number of rotatable bonds is 9. The van der Waals surface area contributed by atoms with E-state index in [4.69, 9.17) is 5.84 Å². The van der Waals surface area contributed by atoms with E-state index < -0.39 is 12.0 Å². The maximum atomic E-state index is 11.6. The number of aliphatic imine (C=N–C) groups is 1. The van der Waals surface area contributed by atoms with Crippen LogP contribution in [-0.4, -0.2) is 56.6 Å². The zero-order chi connectivity index (χ0) is 27.1. The van der Waals surface area contributed by atoms with E-state index in [2.05, 4.69) is 36.4 Å². The summed E-state index contributed by atoms with van der Waals surface area (Å²) in [5.74, 6) is 5.90. The maximum absolute atomic E-state index is 11.6. The van der Waals surface area contributed by atoms with E-state index in [1.807, 2.05) is 43.0 Å². The van der Waals surface area contributed by atoms with Gasteiger partial charge in [0, 0.05) is 18.2 Å². The number of hydrogen-bond donors (Lipinski definition) is 3. The first-order valence-corrected chi connectivity index (χ1v) is 12.3. The minimum absolute atomic E-state index is 0.0881. The summed E-state index contributed by atoms with van der Waals surface area (Å²) in [6.45, 7) is 4.86. The van der Waals surface area contributed by atoms with Crippen LogP contribution < -0.4 is 16.1 Å². The SMILES string of the molecule is CC(C)Nc1nc(/C(C=NCc2cccc(N3CCC[C@H]3C(=O)O)n2)=N/N)cc(-c2cccc(C#N)c2)n1. The van der Waals surface area contributed by atoms with Gasteiger partial charge < -0.3 is 21.2 Å². The van der Waals surface area contributed by atoms with Crippen LogP contribution >= 0.6 is 0 Å². The van der Waals surface area contributed by atoms with E-state index in [0.29, 0.717) is 53.1 Å². The third-order valence-corrected chi connectivity index (χ3v) is 5.92. The Bertz CT molecular complexity index is 1410. The number of aliphatic carboxylic acids is 1. The average Bonchev–Trinajstić information content (AvgIpc) is 3.41. The second-order valence-corrected chi connectivity index (χ2v) is 9.11. The number of hydrogen-bond acceptors (Lipinski definition) is 10. The lowest BCUT2D eigenvalue weighted by Crippen LogP contribution is -2.36. The highest BCUT2D eigenvalue weighted by Crippen LogP contribution is 2.24. The summed E-state index contributed by atoms with van der Waals surface area (Å²) >= 11 is 0. The third-order valence-electron chi connectivity index (χ3n) is 5.92. The Kier molecular flexibility index (Phi) is 8.23. The molecular weight excluding hydrogens is 482 g/mol. The molecule has 2 aromatic heterocycles. The molecule has 0 bridgehead atoms. The first kappa shape index (κ1) is 26.2. The van der Waals surface area contributed by atoms with Crippen LogP contribution in [0, 0.1) is 11.3 Å². The van der Waals surface area contributed by atoms with Crippen LogP contribution in [-0.2, 0) is 11.3 Å². The summed E-state index contributed by atoms with van der Waals surface area (Å²) in [6.07, 6.45) is 2.94. The molecule has 0 aliphatic carbocycles. The van der Waals surface area contributed by atoms with Crippen molar-refractivity contribution < 1.29 is 9.90 Å². The molecule has 0 unspecified atom stereocenters. The van der Waals surface area contributed by atoms with Crippen molar-refractivity contribution in [2.24, 2.45) is 15.9 Å². The zero-order valence-electron chi connectivity index (χ0n) is 21.2. The highest BCUT2D eigenvalue weighted by Gasteiger charge is 2.31. The highest BCUT2D eigenvalue weighted by molar-refractivity contribution is 6.37. The molecule has 1 saturated heterocycles. The zero-order valence-corrected chi connectivity index (χ0v) is 21.2. The number of benzene rings is 1. The molecule has 0 spiro atoms. The fourth-order valence-corrected chi connectivity index (χ4v) is 4.20. The van der Waals surface area contributed by atoms with E-state index in [1.54, 1.807) is 24.3 Å². The summed E-state index contributed by atoms with van der Waals surface area (Å²) in [7, 11) is 0. The summed E-state index contributed by atoms with van der Waals surface area (Å²) in [6, 6.07) is 16.1. The number of carboxylic acid groups (broad SMARTS) is 1. The Labute approximate surface area is 220 Å². The van der Waals surface area contributed by atoms with Crippen molar-refractivity contribution in [1.82, 2.24) is 15.0 Å². The molecule has 0 radical (unpaired) electrons. The molecule has 1 atom stereocenters. The van der Waals surface area contributed by atoms with Crippen molar-refractivity contribution in [3.05, 3.63) is 65.5 Å². The number of nitrogens with one attached hydrogen (secondary N) is 1. The van der Waals surface area contributed by atoms with Gasteiger partial charge in [-0.3, -0.25) is 4.99 Å². The van der Waals surface area contributed by atoms with Gasteiger partial charge in [-0.05, 0) is 57.0 Å². The molecule has 1 aliphatic heterocycles. The molecular formula is C27H29N9O2. The van der Waals surface area contributed by atoms with E-state index in [1.165, 1.54) is 6.21 Å². The van der Waals surface area contributed by atoms with Gasteiger partial charge in [0.15, 0.2) is 0 Å². The predicted octanol–water partition coefficient (Wildman–Crippen LogP) is 3.22. The minimum atomic E-state index is -0.841. The van der Waals surface area contributed by atoms with E-state index in [-0.39, 0.29) is 12.6 Å². The number of aromatic nitrogens is 3. The fourth-order valence-electron chi connectivity index (χ4n) is 4.20. The van der Waals surface area contributed by atoms with Gasteiger partial charge in [-0.25, -0.2) is 19.7 Å². The number of hydrazone groups is 1. The topological polar surface area (TPSA) is 166 Å². The van der Waals surface area contributed by atoms with Crippen LogP contribution in [0.25, 0.3) is 11.3 Å². The molecule has 194 valence electrons. The van der Waals surface area contributed by atoms with Crippen molar-refractivity contribution in [1.29, 1.82) is 5.26 Å². The van der Waals surface area contributed by atoms with Crippen molar-refractivity contribution in [2.75, 3.05) is 16.8 Å². The van der Waals surface area contributed by atoms with Crippen LogP contribution in [0.15, 0.2) is 58.6 Å². The number of nitriles is 1. The normalized spacial score (nSPS) is 15.7. The van der Waals surface area contributed by atoms with Gasteiger partial charge in [0.25, 0.3) is 0 Å².